The fourth-order valence-electron chi connectivity index (χ4n) is 2.63. The van der Waals surface area contributed by atoms with Gasteiger partial charge in [0.25, 0.3) is 5.91 Å². The normalized spacial score (nSPS) is 13.8. The Kier molecular flexibility index (Phi) is 7.69. The van der Waals surface area contributed by atoms with E-state index in [1.807, 2.05) is 30.3 Å². The molecule has 7 nitrogen and oxygen atoms in total. The third-order valence-corrected chi connectivity index (χ3v) is 5.10. The molecule has 28 heavy (non-hydrogen) atoms. The van der Waals surface area contributed by atoms with Crippen molar-refractivity contribution in [2.75, 3.05) is 50.1 Å². The van der Waals surface area contributed by atoms with E-state index in [2.05, 4.69) is 15.2 Å². The Bertz CT molecular complexity index is 765. The highest BCUT2D eigenvalue weighted by Gasteiger charge is 2.14. The molecule has 2 heterocycles. The summed E-state index contributed by atoms with van der Waals surface area (Å²) >= 11 is 1.65. The van der Waals surface area contributed by atoms with Crippen LogP contribution in [0.25, 0.3) is 0 Å². The maximum Gasteiger partial charge on any atom is 0.340 e. The molecule has 1 aliphatic heterocycles. The number of thioether (sulfide) groups is 1. The van der Waals surface area contributed by atoms with E-state index < -0.39 is 5.97 Å². The predicted molar refractivity (Wildman–Crippen MR) is 108 cm³/mol. The molecule has 0 saturated carbocycles. The lowest BCUT2D eigenvalue weighted by molar-refractivity contribution is -0.124. The summed E-state index contributed by atoms with van der Waals surface area (Å²) < 4.78 is 10.4. The number of hydrogen-bond acceptors (Lipinski definition) is 7. The Morgan fingerprint density at radius 2 is 1.93 bits per heavy atom. The first-order valence-corrected chi connectivity index (χ1v) is 10.1. The number of rotatable bonds is 8. The van der Waals surface area contributed by atoms with Crippen LogP contribution >= 0.6 is 11.8 Å². The second kappa shape index (κ2) is 10.7. The predicted octanol–water partition coefficient (Wildman–Crippen LogP) is 1.98. The number of aromatic nitrogens is 1. The number of nitrogens with one attached hydrogen (secondary N) is 1. The Balaban J connectivity index is 1.35. The zero-order valence-electron chi connectivity index (χ0n) is 15.5. The molecule has 0 bridgehead atoms. The summed E-state index contributed by atoms with van der Waals surface area (Å²) in [5.74, 6) is 0.666. The molecule has 1 aliphatic rings. The molecule has 1 aromatic carbocycles. The van der Waals surface area contributed by atoms with Crippen LogP contribution in [0.5, 0.6) is 0 Å². The Morgan fingerprint density at radius 1 is 1.14 bits per heavy atom. The quantitative estimate of drug-likeness (QED) is 0.412. The average Bonchev–Trinajstić information content (AvgIpc) is 2.76. The summed E-state index contributed by atoms with van der Waals surface area (Å²) in [6.07, 6.45) is 1.47. The van der Waals surface area contributed by atoms with E-state index in [0.29, 0.717) is 25.3 Å². The second-order valence-electron chi connectivity index (χ2n) is 6.09. The SMILES string of the molecule is O=C(COC(=O)c1ccc(N2CCOCC2)nc1)NCCSc1ccccc1. The van der Waals surface area contributed by atoms with Crippen LogP contribution in [-0.4, -0.2) is 62.1 Å². The number of ether oxygens (including phenoxy) is 2. The van der Waals surface area contributed by atoms with E-state index in [9.17, 15) is 9.59 Å². The smallest absolute Gasteiger partial charge is 0.340 e. The molecule has 8 heteroatoms. The van der Waals surface area contributed by atoms with Crippen LogP contribution in [0.3, 0.4) is 0 Å². The zero-order chi connectivity index (χ0) is 19.6. The maximum atomic E-state index is 12.1. The first-order chi connectivity index (χ1) is 13.7. The molecule has 1 fully saturated rings. The van der Waals surface area contributed by atoms with Crippen molar-refractivity contribution in [3.63, 3.8) is 0 Å². The highest BCUT2D eigenvalue weighted by Crippen LogP contribution is 2.16. The standard InChI is InChI=1S/C20H23N3O4S/c24-19(21-8-13-28-17-4-2-1-3-5-17)15-27-20(25)16-6-7-18(22-14-16)23-9-11-26-12-10-23/h1-7,14H,8-13,15H2,(H,21,24). The molecular formula is C20H23N3O4S. The maximum absolute atomic E-state index is 12.1. The van der Waals surface area contributed by atoms with Crippen molar-refractivity contribution in [3.05, 3.63) is 54.2 Å². The summed E-state index contributed by atoms with van der Waals surface area (Å²) in [5.41, 5.74) is 0.324. The highest BCUT2D eigenvalue weighted by molar-refractivity contribution is 7.99. The van der Waals surface area contributed by atoms with Gasteiger partial charge in [0.15, 0.2) is 6.61 Å². The van der Waals surface area contributed by atoms with Crippen molar-refractivity contribution < 1.29 is 19.1 Å². The van der Waals surface area contributed by atoms with Gasteiger partial charge in [-0.25, -0.2) is 9.78 Å². The third-order valence-electron chi connectivity index (χ3n) is 4.09. The lowest BCUT2D eigenvalue weighted by atomic mass is 10.2. The van der Waals surface area contributed by atoms with Crippen LogP contribution < -0.4 is 10.2 Å². The fourth-order valence-corrected chi connectivity index (χ4v) is 3.42. The van der Waals surface area contributed by atoms with Crippen molar-refractivity contribution in [3.8, 4) is 0 Å². The highest BCUT2D eigenvalue weighted by atomic mass is 32.2. The molecule has 0 radical (unpaired) electrons. The van der Waals surface area contributed by atoms with Crippen LogP contribution in [-0.2, 0) is 14.3 Å². The molecule has 1 N–H and O–H groups in total. The molecule has 0 unspecified atom stereocenters. The van der Waals surface area contributed by atoms with Crippen LogP contribution in [0.4, 0.5) is 5.82 Å². The van der Waals surface area contributed by atoms with Crippen molar-refractivity contribution >= 4 is 29.5 Å². The molecule has 148 valence electrons. The lowest BCUT2D eigenvalue weighted by Gasteiger charge is -2.27. The van der Waals surface area contributed by atoms with E-state index in [1.165, 1.54) is 6.20 Å². The van der Waals surface area contributed by atoms with Gasteiger partial charge in [0.2, 0.25) is 0 Å². The van der Waals surface area contributed by atoms with Crippen LogP contribution in [0, 0.1) is 0 Å². The minimum atomic E-state index is -0.560. The van der Waals surface area contributed by atoms with Crippen molar-refractivity contribution in [2.24, 2.45) is 0 Å². The van der Waals surface area contributed by atoms with Crippen LogP contribution in [0.2, 0.25) is 0 Å². The molecule has 0 aliphatic carbocycles. The second-order valence-corrected chi connectivity index (χ2v) is 7.26. The van der Waals surface area contributed by atoms with E-state index >= 15 is 0 Å². The van der Waals surface area contributed by atoms with Gasteiger partial charge in [0.05, 0.1) is 18.8 Å². The Morgan fingerprint density at radius 3 is 2.64 bits per heavy atom. The molecule has 2 aromatic rings. The van der Waals surface area contributed by atoms with Crippen LogP contribution in [0.1, 0.15) is 10.4 Å². The number of carbonyl (C=O) groups excluding carboxylic acids is 2. The number of pyridine rings is 1. The Hall–Kier alpha value is -2.58. The number of anilines is 1. The number of amides is 1. The van der Waals surface area contributed by atoms with E-state index in [1.54, 1.807) is 23.9 Å². The summed E-state index contributed by atoms with van der Waals surface area (Å²) in [4.78, 5) is 31.4. The van der Waals surface area contributed by atoms with Crippen molar-refractivity contribution in [1.82, 2.24) is 10.3 Å². The van der Waals surface area contributed by atoms with Gasteiger partial charge < -0.3 is 19.7 Å². The van der Waals surface area contributed by atoms with Gasteiger partial charge >= 0.3 is 5.97 Å². The summed E-state index contributed by atoms with van der Waals surface area (Å²) in [5, 5.41) is 2.74. The Labute approximate surface area is 168 Å². The minimum absolute atomic E-state index is 0.306. The number of hydrogen-bond donors (Lipinski definition) is 1. The number of carbonyl (C=O) groups is 2. The molecule has 0 spiro atoms. The number of esters is 1. The van der Waals surface area contributed by atoms with Gasteiger partial charge in [-0.15, -0.1) is 11.8 Å². The van der Waals surface area contributed by atoms with E-state index in [4.69, 9.17) is 9.47 Å². The summed E-state index contributed by atoms with van der Waals surface area (Å²) in [6, 6.07) is 13.4. The average molecular weight is 401 g/mol. The van der Waals surface area contributed by atoms with Gasteiger partial charge in [-0.1, -0.05) is 18.2 Å². The first kappa shape index (κ1) is 20.2. The van der Waals surface area contributed by atoms with Gasteiger partial charge in [-0.05, 0) is 24.3 Å². The molecule has 3 rings (SSSR count). The largest absolute Gasteiger partial charge is 0.452 e. The van der Waals surface area contributed by atoms with Gasteiger partial charge in [0.1, 0.15) is 5.82 Å². The number of benzene rings is 1. The number of morpholine rings is 1. The third kappa shape index (κ3) is 6.24. The molecular weight excluding hydrogens is 378 g/mol. The van der Waals surface area contributed by atoms with Crippen LogP contribution in [0.15, 0.2) is 53.6 Å². The summed E-state index contributed by atoms with van der Waals surface area (Å²) in [6.45, 7) is 3.10. The fraction of sp³-hybridized carbons (Fsp3) is 0.350. The van der Waals surface area contributed by atoms with Gasteiger partial charge in [0, 0.05) is 36.5 Å². The zero-order valence-corrected chi connectivity index (χ0v) is 16.3. The van der Waals surface area contributed by atoms with E-state index in [0.717, 1.165) is 29.6 Å². The van der Waals surface area contributed by atoms with Gasteiger partial charge in [-0.2, -0.15) is 0 Å². The molecule has 1 aromatic heterocycles. The first-order valence-electron chi connectivity index (χ1n) is 9.13. The minimum Gasteiger partial charge on any atom is -0.452 e. The van der Waals surface area contributed by atoms with Crippen molar-refractivity contribution in [1.29, 1.82) is 0 Å². The molecule has 1 amide bonds. The molecule has 1 saturated heterocycles. The monoisotopic (exact) mass is 401 g/mol. The molecule has 0 atom stereocenters. The van der Waals surface area contributed by atoms with Crippen molar-refractivity contribution in [2.45, 2.75) is 4.90 Å². The topological polar surface area (TPSA) is 80.8 Å². The number of nitrogens with zero attached hydrogens (tertiary/aromatic N) is 2. The van der Waals surface area contributed by atoms with Gasteiger partial charge in [-0.3, -0.25) is 4.79 Å². The lowest BCUT2D eigenvalue weighted by Crippen LogP contribution is -2.36. The summed E-state index contributed by atoms with van der Waals surface area (Å²) in [7, 11) is 0. The van der Waals surface area contributed by atoms with E-state index in [-0.39, 0.29) is 12.5 Å².